The van der Waals surface area contributed by atoms with E-state index in [2.05, 4.69) is 0 Å². The Morgan fingerprint density at radius 3 is 2.81 bits per heavy atom. The van der Waals surface area contributed by atoms with Crippen molar-refractivity contribution in [2.75, 3.05) is 0 Å². The number of esters is 1. The average Bonchev–Trinajstić information content (AvgIpc) is 2.95. The lowest BCUT2D eigenvalue weighted by molar-refractivity contribution is -0.131. The summed E-state index contributed by atoms with van der Waals surface area (Å²) in [6.45, 7) is 3.30. The van der Waals surface area contributed by atoms with E-state index in [4.69, 9.17) is 9.47 Å². The maximum atomic E-state index is 12.3. The molecule has 1 aliphatic rings. The predicted molar refractivity (Wildman–Crippen MR) is 79.7 cm³/mol. The van der Waals surface area contributed by atoms with Gasteiger partial charge in [0.2, 0.25) is 5.78 Å². The van der Waals surface area contributed by atoms with Gasteiger partial charge in [-0.1, -0.05) is 0 Å². The quantitative estimate of drug-likeness (QED) is 0.483. The average molecular weight is 300 g/mol. The van der Waals surface area contributed by atoms with Crippen molar-refractivity contribution in [2.45, 2.75) is 13.8 Å². The zero-order valence-electron chi connectivity index (χ0n) is 11.5. The Hall–Kier alpha value is -2.40. The highest BCUT2D eigenvalue weighted by molar-refractivity contribution is 7.11. The number of ketones is 1. The van der Waals surface area contributed by atoms with Gasteiger partial charge in [0, 0.05) is 23.9 Å². The van der Waals surface area contributed by atoms with Gasteiger partial charge in [-0.3, -0.25) is 9.59 Å². The van der Waals surface area contributed by atoms with Crippen LogP contribution >= 0.6 is 11.3 Å². The van der Waals surface area contributed by atoms with Gasteiger partial charge in [-0.25, -0.2) is 0 Å². The number of hydrogen-bond acceptors (Lipinski definition) is 5. The van der Waals surface area contributed by atoms with Crippen LogP contribution in [0.4, 0.5) is 0 Å². The number of ether oxygens (including phenoxy) is 2. The monoisotopic (exact) mass is 300 g/mol. The minimum atomic E-state index is -0.413. The third-order valence-corrected chi connectivity index (χ3v) is 4.03. The van der Waals surface area contributed by atoms with Crippen LogP contribution in [-0.4, -0.2) is 11.8 Å². The number of Topliss-reactive ketones (excluding diaryl/α,β-unsaturated/α-hetero) is 1. The summed E-state index contributed by atoms with van der Waals surface area (Å²) in [7, 11) is 0. The van der Waals surface area contributed by atoms with Crippen molar-refractivity contribution >= 4 is 29.2 Å². The van der Waals surface area contributed by atoms with Gasteiger partial charge in [0.1, 0.15) is 11.5 Å². The maximum Gasteiger partial charge on any atom is 0.308 e. The van der Waals surface area contributed by atoms with Gasteiger partial charge >= 0.3 is 5.97 Å². The molecule has 3 rings (SSSR count). The van der Waals surface area contributed by atoms with Crippen LogP contribution in [0, 0.1) is 6.92 Å². The number of hydrogen-bond donors (Lipinski definition) is 0. The third kappa shape index (κ3) is 2.60. The number of thiophene rings is 1. The molecule has 1 aliphatic heterocycles. The number of carbonyl (C=O) groups is 2. The Bertz CT molecular complexity index is 770. The number of allylic oxidation sites excluding steroid dienone is 1. The van der Waals surface area contributed by atoms with Crippen LogP contribution in [0.5, 0.6) is 11.5 Å². The lowest BCUT2D eigenvalue weighted by atomic mass is 10.1. The van der Waals surface area contributed by atoms with Crippen molar-refractivity contribution in [1.29, 1.82) is 0 Å². The molecule has 0 radical (unpaired) electrons. The first-order valence-corrected chi connectivity index (χ1v) is 7.23. The smallest absolute Gasteiger partial charge is 0.308 e. The Labute approximate surface area is 125 Å². The molecule has 4 nitrogen and oxygen atoms in total. The van der Waals surface area contributed by atoms with E-state index in [-0.39, 0.29) is 11.5 Å². The fourth-order valence-electron chi connectivity index (χ4n) is 2.05. The second kappa shape index (κ2) is 5.18. The van der Waals surface area contributed by atoms with Gasteiger partial charge in [0.25, 0.3) is 0 Å². The molecule has 1 aromatic carbocycles. The summed E-state index contributed by atoms with van der Waals surface area (Å²) in [4.78, 5) is 24.2. The summed E-state index contributed by atoms with van der Waals surface area (Å²) in [5, 5.41) is 1.97. The van der Waals surface area contributed by atoms with Crippen molar-refractivity contribution in [2.24, 2.45) is 0 Å². The van der Waals surface area contributed by atoms with Gasteiger partial charge < -0.3 is 9.47 Å². The summed E-state index contributed by atoms with van der Waals surface area (Å²) in [5.74, 6) is 0.494. The van der Waals surface area contributed by atoms with Crippen molar-refractivity contribution in [3.63, 3.8) is 0 Å². The molecule has 0 fully saturated rings. The lowest BCUT2D eigenvalue weighted by Crippen LogP contribution is -2.01. The number of rotatable bonds is 2. The van der Waals surface area contributed by atoms with Gasteiger partial charge in [0.15, 0.2) is 5.76 Å². The highest BCUT2D eigenvalue weighted by Gasteiger charge is 2.28. The van der Waals surface area contributed by atoms with Crippen LogP contribution in [0.3, 0.4) is 0 Å². The summed E-state index contributed by atoms with van der Waals surface area (Å²) in [6, 6.07) is 6.73. The fraction of sp³-hybridized carbons (Fsp3) is 0.125. The molecule has 2 aromatic rings. The van der Waals surface area contributed by atoms with Gasteiger partial charge in [-0.05, 0) is 36.1 Å². The second-order valence-corrected chi connectivity index (χ2v) is 5.61. The van der Waals surface area contributed by atoms with Crippen LogP contribution in [0.15, 0.2) is 35.4 Å². The Morgan fingerprint density at radius 1 is 1.33 bits per heavy atom. The zero-order chi connectivity index (χ0) is 15.0. The van der Waals surface area contributed by atoms with Crippen LogP contribution in [0.25, 0.3) is 6.08 Å². The molecule has 2 heterocycles. The van der Waals surface area contributed by atoms with Crippen molar-refractivity contribution in [3.05, 3.63) is 51.4 Å². The molecule has 21 heavy (non-hydrogen) atoms. The molecule has 0 atom stereocenters. The Kier molecular flexibility index (Phi) is 3.35. The highest BCUT2D eigenvalue weighted by Crippen LogP contribution is 2.35. The van der Waals surface area contributed by atoms with Crippen LogP contribution < -0.4 is 9.47 Å². The predicted octanol–water partition coefficient (Wildman–Crippen LogP) is 3.60. The molecule has 0 spiro atoms. The topological polar surface area (TPSA) is 52.6 Å². The molecule has 0 saturated carbocycles. The largest absolute Gasteiger partial charge is 0.452 e. The van der Waals surface area contributed by atoms with Crippen molar-refractivity contribution in [1.82, 2.24) is 0 Å². The first kappa shape index (κ1) is 13.6. The third-order valence-electron chi connectivity index (χ3n) is 3.07. The van der Waals surface area contributed by atoms with Crippen LogP contribution in [0.1, 0.15) is 27.7 Å². The van der Waals surface area contributed by atoms with E-state index in [1.165, 1.54) is 6.92 Å². The first-order valence-electron chi connectivity index (χ1n) is 6.35. The van der Waals surface area contributed by atoms with E-state index < -0.39 is 5.97 Å². The first-order chi connectivity index (χ1) is 10.0. The zero-order valence-corrected chi connectivity index (χ0v) is 12.3. The summed E-state index contributed by atoms with van der Waals surface area (Å²) >= 11 is 1.55. The summed E-state index contributed by atoms with van der Waals surface area (Å²) < 4.78 is 10.6. The highest BCUT2D eigenvalue weighted by atomic mass is 32.1. The normalized spacial score (nSPS) is 15.0. The number of carbonyl (C=O) groups excluding carboxylic acids is 2. The molecule has 0 N–H and O–H groups in total. The molecule has 0 unspecified atom stereocenters. The van der Waals surface area contributed by atoms with E-state index in [0.717, 1.165) is 10.4 Å². The summed E-state index contributed by atoms with van der Waals surface area (Å²) in [5.41, 5.74) is 1.58. The number of aryl methyl sites for hydroxylation is 1. The van der Waals surface area contributed by atoms with Gasteiger partial charge in [-0.15, -0.1) is 11.3 Å². The van der Waals surface area contributed by atoms with E-state index in [1.807, 2.05) is 18.4 Å². The van der Waals surface area contributed by atoms with Gasteiger partial charge in [-0.2, -0.15) is 0 Å². The maximum absolute atomic E-state index is 12.3. The minimum Gasteiger partial charge on any atom is -0.452 e. The molecule has 0 amide bonds. The SMILES string of the molecule is CC(=O)Oc1ccc2c(c1)O/C(=C\c1sccc1C)C2=O. The Balaban J connectivity index is 1.93. The molecule has 106 valence electrons. The number of fused-ring (bicyclic) bond motifs is 1. The van der Waals surface area contributed by atoms with Crippen LogP contribution in [-0.2, 0) is 4.79 Å². The standard InChI is InChI=1S/C16H12O4S/c1-9-5-6-21-15(9)8-14-16(18)12-4-3-11(19-10(2)17)7-13(12)20-14/h3-8H,1-2H3/b14-8-. The molecular weight excluding hydrogens is 288 g/mol. The number of benzene rings is 1. The molecule has 0 bridgehead atoms. The van der Waals surface area contributed by atoms with Crippen molar-refractivity contribution in [3.8, 4) is 11.5 Å². The van der Waals surface area contributed by atoms with Crippen LogP contribution in [0.2, 0.25) is 0 Å². The lowest BCUT2D eigenvalue weighted by Gasteiger charge is -2.02. The molecule has 1 aromatic heterocycles. The Morgan fingerprint density at radius 2 is 2.14 bits per heavy atom. The van der Waals surface area contributed by atoms with Crippen molar-refractivity contribution < 1.29 is 19.1 Å². The second-order valence-electron chi connectivity index (χ2n) is 4.66. The van der Waals surface area contributed by atoms with Gasteiger partial charge in [0.05, 0.1) is 5.56 Å². The van der Waals surface area contributed by atoms with E-state index in [1.54, 1.807) is 35.6 Å². The fourth-order valence-corrected chi connectivity index (χ4v) is 2.90. The summed E-state index contributed by atoms with van der Waals surface area (Å²) in [6.07, 6.45) is 1.74. The molecule has 0 aliphatic carbocycles. The molecular formula is C16H12O4S. The van der Waals surface area contributed by atoms with E-state index in [0.29, 0.717) is 17.1 Å². The molecule has 0 saturated heterocycles. The van der Waals surface area contributed by atoms with E-state index >= 15 is 0 Å². The minimum absolute atomic E-state index is 0.160. The van der Waals surface area contributed by atoms with E-state index in [9.17, 15) is 9.59 Å². The molecule has 5 heteroatoms.